The molecule has 2 N–H and O–H groups in total. The standard InChI is InChI=1S/C13H16N2O/c1-3-6-14-8-10-9-15-13-5-4-11(16-2)7-12(10)13/h3-5,7,9,14-15H,1,6,8H2,2H3. The molecule has 1 heterocycles. The molecule has 84 valence electrons. The highest BCUT2D eigenvalue weighted by atomic mass is 16.5. The summed E-state index contributed by atoms with van der Waals surface area (Å²) in [5.74, 6) is 0.886. The molecule has 16 heavy (non-hydrogen) atoms. The molecule has 0 fully saturated rings. The molecule has 0 aliphatic carbocycles. The van der Waals surface area contributed by atoms with Gasteiger partial charge in [-0.05, 0) is 23.8 Å². The summed E-state index contributed by atoms with van der Waals surface area (Å²) >= 11 is 0. The largest absolute Gasteiger partial charge is 0.497 e. The lowest BCUT2D eigenvalue weighted by atomic mass is 10.1. The van der Waals surface area contributed by atoms with E-state index in [1.54, 1.807) is 7.11 Å². The number of hydrogen-bond acceptors (Lipinski definition) is 2. The van der Waals surface area contributed by atoms with E-state index in [1.807, 2.05) is 24.4 Å². The van der Waals surface area contributed by atoms with Crippen LogP contribution in [0, 0.1) is 0 Å². The Morgan fingerprint density at radius 2 is 2.38 bits per heavy atom. The van der Waals surface area contributed by atoms with Crippen LogP contribution in [0.1, 0.15) is 5.56 Å². The van der Waals surface area contributed by atoms with E-state index >= 15 is 0 Å². The van der Waals surface area contributed by atoms with E-state index in [9.17, 15) is 0 Å². The molecule has 1 aromatic heterocycles. The van der Waals surface area contributed by atoms with Crippen molar-refractivity contribution < 1.29 is 4.74 Å². The molecule has 0 unspecified atom stereocenters. The summed E-state index contributed by atoms with van der Waals surface area (Å²) in [5.41, 5.74) is 2.38. The van der Waals surface area contributed by atoms with Crippen molar-refractivity contribution in [3.05, 3.63) is 42.6 Å². The number of H-pyrrole nitrogens is 1. The van der Waals surface area contributed by atoms with E-state index in [0.29, 0.717) is 0 Å². The highest BCUT2D eigenvalue weighted by molar-refractivity contribution is 5.84. The van der Waals surface area contributed by atoms with Crippen molar-refractivity contribution in [2.75, 3.05) is 13.7 Å². The van der Waals surface area contributed by atoms with Gasteiger partial charge < -0.3 is 15.0 Å². The first-order valence-electron chi connectivity index (χ1n) is 5.30. The van der Waals surface area contributed by atoms with Crippen molar-refractivity contribution >= 4 is 10.9 Å². The average molecular weight is 216 g/mol. The number of aromatic nitrogens is 1. The van der Waals surface area contributed by atoms with Crippen LogP contribution in [0.3, 0.4) is 0 Å². The summed E-state index contributed by atoms with van der Waals surface area (Å²) in [5, 5.41) is 4.49. The maximum atomic E-state index is 5.22. The minimum atomic E-state index is 0.816. The lowest BCUT2D eigenvalue weighted by Gasteiger charge is -2.02. The van der Waals surface area contributed by atoms with Gasteiger partial charge in [0.1, 0.15) is 5.75 Å². The molecule has 3 nitrogen and oxygen atoms in total. The van der Waals surface area contributed by atoms with Crippen LogP contribution < -0.4 is 10.1 Å². The van der Waals surface area contributed by atoms with Crippen molar-refractivity contribution in [3.63, 3.8) is 0 Å². The molecule has 0 aliphatic heterocycles. The van der Waals surface area contributed by atoms with Gasteiger partial charge in [-0.15, -0.1) is 6.58 Å². The molecule has 2 rings (SSSR count). The van der Waals surface area contributed by atoms with Crippen molar-refractivity contribution in [1.82, 2.24) is 10.3 Å². The van der Waals surface area contributed by atoms with Crippen molar-refractivity contribution in [2.24, 2.45) is 0 Å². The van der Waals surface area contributed by atoms with E-state index in [4.69, 9.17) is 4.74 Å². The topological polar surface area (TPSA) is 37.0 Å². The molecule has 0 saturated carbocycles. The maximum Gasteiger partial charge on any atom is 0.119 e. The third kappa shape index (κ3) is 2.09. The second kappa shape index (κ2) is 4.86. The lowest BCUT2D eigenvalue weighted by Crippen LogP contribution is -2.12. The maximum absolute atomic E-state index is 5.22. The number of nitrogens with one attached hydrogen (secondary N) is 2. The van der Waals surface area contributed by atoms with Crippen molar-refractivity contribution in [2.45, 2.75) is 6.54 Å². The van der Waals surface area contributed by atoms with Gasteiger partial charge in [0, 0.05) is 30.2 Å². The summed E-state index contributed by atoms with van der Waals surface area (Å²) < 4.78 is 5.22. The van der Waals surface area contributed by atoms with Gasteiger partial charge >= 0.3 is 0 Å². The Balaban J connectivity index is 2.27. The molecular weight excluding hydrogens is 200 g/mol. The Labute approximate surface area is 95.1 Å². The smallest absolute Gasteiger partial charge is 0.119 e. The number of ether oxygens (including phenoxy) is 1. The quantitative estimate of drug-likeness (QED) is 0.595. The Kier molecular flexibility index (Phi) is 3.27. The van der Waals surface area contributed by atoms with Gasteiger partial charge in [0.2, 0.25) is 0 Å². The monoisotopic (exact) mass is 216 g/mol. The zero-order valence-corrected chi connectivity index (χ0v) is 9.42. The zero-order valence-electron chi connectivity index (χ0n) is 9.42. The molecule has 0 amide bonds. The third-order valence-electron chi connectivity index (χ3n) is 2.58. The normalized spacial score (nSPS) is 10.6. The molecule has 0 saturated heterocycles. The van der Waals surface area contributed by atoms with E-state index in [-0.39, 0.29) is 0 Å². The number of fused-ring (bicyclic) bond motifs is 1. The second-order valence-corrected chi connectivity index (χ2v) is 3.65. The number of hydrogen-bond donors (Lipinski definition) is 2. The molecule has 3 heteroatoms. The third-order valence-corrected chi connectivity index (χ3v) is 2.58. The van der Waals surface area contributed by atoms with Crippen molar-refractivity contribution in [3.8, 4) is 5.75 Å². The van der Waals surface area contributed by atoms with Crippen LogP contribution in [0.5, 0.6) is 5.75 Å². The van der Waals surface area contributed by atoms with Crippen LogP contribution in [0.2, 0.25) is 0 Å². The predicted molar refractivity (Wildman–Crippen MR) is 66.8 cm³/mol. The Hall–Kier alpha value is -1.74. The van der Waals surface area contributed by atoms with E-state index in [0.717, 1.165) is 24.4 Å². The Morgan fingerprint density at radius 3 is 3.12 bits per heavy atom. The van der Waals surface area contributed by atoms with Gasteiger partial charge in [0.25, 0.3) is 0 Å². The molecule has 0 bridgehead atoms. The van der Waals surface area contributed by atoms with Gasteiger partial charge in [-0.2, -0.15) is 0 Å². The van der Waals surface area contributed by atoms with Crippen LogP contribution in [-0.2, 0) is 6.54 Å². The Bertz CT molecular complexity index is 488. The van der Waals surface area contributed by atoms with E-state index < -0.39 is 0 Å². The molecule has 0 atom stereocenters. The van der Waals surface area contributed by atoms with E-state index in [1.165, 1.54) is 10.9 Å². The zero-order chi connectivity index (χ0) is 11.4. The number of rotatable bonds is 5. The fourth-order valence-corrected chi connectivity index (χ4v) is 1.74. The average Bonchev–Trinajstić information content (AvgIpc) is 2.72. The molecular formula is C13H16N2O. The van der Waals surface area contributed by atoms with Crippen LogP contribution in [0.25, 0.3) is 10.9 Å². The molecule has 0 aliphatic rings. The van der Waals surface area contributed by atoms with Gasteiger partial charge in [-0.25, -0.2) is 0 Å². The second-order valence-electron chi connectivity index (χ2n) is 3.65. The fourth-order valence-electron chi connectivity index (χ4n) is 1.74. The van der Waals surface area contributed by atoms with Gasteiger partial charge in [-0.3, -0.25) is 0 Å². The first-order chi connectivity index (χ1) is 7.85. The van der Waals surface area contributed by atoms with Crippen LogP contribution in [-0.4, -0.2) is 18.6 Å². The molecule has 1 aromatic carbocycles. The van der Waals surface area contributed by atoms with Crippen LogP contribution >= 0.6 is 0 Å². The highest BCUT2D eigenvalue weighted by Gasteiger charge is 2.04. The fraction of sp³-hybridized carbons (Fsp3) is 0.231. The molecule has 0 spiro atoms. The van der Waals surface area contributed by atoms with Gasteiger partial charge in [0.05, 0.1) is 7.11 Å². The molecule has 0 radical (unpaired) electrons. The predicted octanol–water partition coefficient (Wildman–Crippen LogP) is 2.45. The summed E-state index contributed by atoms with van der Waals surface area (Å²) in [6.45, 7) is 5.33. The SMILES string of the molecule is C=CCNCc1c[nH]c2ccc(OC)cc12. The number of benzene rings is 1. The van der Waals surface area contributed by atoms with Crippen LogP contribution in [0.4, 0.5) is 0 Å². The highest BCUT2D eigenvalue weighted by Crippen LogP contribution is 2.23. The number of aromatic amines is 1. The molecule has 2 aromatic rings. The first kappa shape index (κ1) is 10.8. The summed E-state index contributed by atoms with van der Waals surface area (Å²) in [6.07, 6.45) is 3.88. The minimum Gasteiger partial charge on any atom is -0.497 e. The van der Waals surface area contributed by atoms with Crippen molar-refractivity contribution in [1.29, 1.82) is 0 Å². The van der Waals surface area contributed by atoms with Gasteiger partial charge in [-0.1, -0.05) is 6.08 Å². The van der Waals surface area contributed by atoms with E-state index in [2.05, 4.69) is 22.9 Å². The lowest BCUT2D eigenvalue weighted by molar-refractivity contribution is 0.415. The first-order valence-corrected chi connectivity index (χ1v) is 5.30. The minimum absolute atomic E-state index is 0.816. The summed E-state index contributed by atoms with van der Waals surface area (Å²) in [6, 6.07) is 6.04. The summed E-state index contributed by atoms with van der Waals surface area (Å²) in [4.78, 5) is 3.25. The number of methoxy groups -OCH3 is 1. The van der Waals surface area contributed by atoms with Crippen LogP contribution in [0.15, 0.2) is 37.1 Å². The Morgan fingerprint density at radius 1 is 1.50 bits per heavy atom. The summed E-state index contributed by atoms with van der Waals surface area (Å²) in [7, 11) is 1.68. The van der Waals surface area contributed by atoms with Gasteiger partial charge in [0.15, 0.2) is 0 Å².